The highest BCUT2D eigenvalue weighted by Crippen LogP contribution is 2.25. The molecule has 4 heteroatoms. The zero-order valence-electron chi connectivity index (χ0n) is 13.8. The lowest BCUT2D eigenvalue weighted by Gasteiger charge is -2.08. The summed E-state index contributed by atoms with van der Waals surface area (Å²) in [5.74, 6) is 0.597. The highest BCUT2D eigenvalue weighted by atomic mass is 14.9. The molecule has 0 atom stereocenters. The molecule has 120 valence electrons. The van der Waals surface area contributed by atoms with E-state index in [9.17, 15) is 0 Å². The fourth-order valence-electron chi connectivity index (χ4n) is 2.57. The lowest BCUT2D eigenvalue weighted by Crippen LogP contribution is -1.97. The number of hydrogen-bond acceptors (Lipinski definition) is 4. The van der Waals surface area contributed by atoms with Gasteiger partial charge >= 0.3 is 0 Å². The van der Waals surface area contributed by atoms with Gasteiger partial charge in [-0.25, -0.2) is 9.97 Å². The molecule has 4 nitrogen and oxygen atoms in total. The molecule has 0 saturated heterocycles. The molecule has 0 aliphatic heterocycles. The molecule has 0 aliphatic rings. The standard InChI is InChI=1S/C21H16N4/c1-15-8-10-16(11-9-15)19-14-20(17-6-2-4-12-22-17)25-21(24-19)18-7-3-5-13-23-18/h2-14H,1H3. The molecule has 1 aromatic carbocycles. The van der Waals surface area contributed by atoms with E-state index in [1.807, 2.05) is 42.5 Å². The Kier molecular flexibility index (Phi) is 4.01. The van der Waals surface area contributed by atoms with E-state index in [1.165, 1.54) is 5.56 Å². The van der Waals surface area contributed by atoms with Crippen LogP contribution < -0.4 is 0 Å². The van der Waals surface area contributed by atoms with Gasteiger partial charge in [0.25, 0.3) is 0 Å². The van der Waals surface area contributed by atoms with Gasteiger partial charge < -0.3 is 0 Å². The molecule has 0 fully saturated rings. The first-order chi connectivity index (χ1) is 12.3. The molecule has 3 aromatic heterocycles. The van der Waals surface area contributed by atoms with Crippen LogP contribution in [0.25, 0.3) is 34.2 Å². The Bertz CT molecular complexity index is 924. The summed E-state index contributed by atoms with van der Waals surface area (Å²) in [5, 5.41) is 0. The van der Waals surface area contributed by atoms with E-state index in [4.69, 9.17) is 4.98 Å². The van der Waals surface area contributed by atoms with Crippen LogP contribution in [0.3, 0.4) is 0 Å². The first-order valence-corrected chi connectivity index (χ1v) is 8.08. The van der Waals surface area contributed by atoms with Gasteiger partial charge in [-0.2, -0.15) is 0 Å². The average molecular weight is 324 g/mol. The van der Waals surface area contributed by atoms with Crippen LogP contribution in [0.5, 0.6) is 0 Å². The molecule has 3 heterocycles. The Morgan fingerprint density at radius 1 is 0.600 bits per heavy atom. The number of aryl methyl sites for hydroxylation is 1. The maximum absolute atomic E-state index is 4.73. The molecule has 0 saturated carbocycles. The monoisotopic (exact) mass is 324 g/mol. The van der Waals surface area contributed by atoms with Crippen LogP contribution in [0.2, 0.25) is 0 Å². The Balaban J connectivity index is 1.90. The van der Waals surface area contributed by atoms with Gasteiger partial charge in [-0.05, 0) is 37.3 Å². The van der Waals surface area contributed by atoms with Gasteiger partial charge in [-0.15, -0.1) is 0 Å². The maximum Gasteiger partial charge on any atom is 0.179 e. The molecule has 0 unspecified atom stereocenters. The molecule has 0 radical (unpaired) electrons. The summed E-state index contributed by atoms with van der Waals surface area (Å²) in [6, 6.07) is 21.8. The Hall–Kier alpha value is -3.40. The minimum Gasteiger partial charge on any atom is -0.255 e. The first-order valence-electron chi connectivity index (χ1n) is 8.08. The molecule has 0 bridgehead atoms. The fraction of sp³-hybridized carbons (Fsp3) is 0.0476. The minimum atomic E-state index is 0.597. The maximum atomic E-state index is 4.73. The predicted octanol–water partition coefficient (Wildman–Crippen LogP) is 4.58. The lowest BCUT2D eigenvalue weighted by atomic mass is 10.1. The molecular weight excluding hydrogens is 308 g/mol. The quantitative estimate of drug-likeness (QED) is 0.553. The van der Waals surface area contributed by atoms with Crippen molar-refractivity contribution < 1.29 is 0 Å². The summed E-state index contributed by atoms with van der Waals surface area (Å²) in [6.45, 7) is 2.07. The molecule has 0 amide bonds. The number of nitrogens with zero attached hydrogens (tertiary/aromatic N) is 4. The second kappa shape index (κ2) is 6.61. The summed E-state index contributed by atoms with van der Waals surface area (Å²) in [7, 11) is 0. The summed E-state index contributed by atoms with van der Waals surface area (Å²) < 4.78 is 0. The van der Waals surface area contributed by atoms with Crippen LogP contribution in [0.4, 0.5) is 0 Å². The topological polar surface area (TPSA) is 51.6 Å². The van der Waals surface area contributed by atoms with Crippen molar-refractivity contribution in [1.29, 1.82) is 0 Å². The van der Waals surface area contributed by atoms with E-state index in [0.717, 1.165) is 28.3 Å². The highest BCUT2D eigenvalue weighted by molar-refractivity contribution is 5.69. The van der Waals surface area contributed by atoms with Crippen molar-refractivity contribution in [2.24, 2.45) is 0 Å². The number of pyridine rings is 2. The van der Waals surface area contributed by atoms with Crippen molar-refractivity contribution in [1.82, 2.24) is 19.9 Å². The third-order valence-corrected chi connectivity index (χ3v) is 3.89. The molecule has 0 aliphatic carbocycles. The second-order valence-corrected chi connectivity index (χ2v) is 5.76. The van der Waals surface area contributed by atoms with Crippen molar-refractivity contribution in [3.63, 3.8) is 0 Å². The molecule has 4 rings (SSSR count). The molecule has 0 spiro atoms. The Morgan fingerprint density at radius 2 is 1.24 bits per heavy atom. The predicted molar refractivity (Wildman–Crippen MR) is 98.7 cm³/mol. The van der Waals surface area contributed by atoms with Crippen LogP contribution in [-0.4, -0.2) is 19.9 Å². The zero-order valence-corrected chi connectivity index (χ0v) is 13.8. The van der Waals surface area contributed by atoms with E-state index >= 15 is 0 Å². The Morgan fingerprint density at radius 3 is 1.88 bits per heavy atom. The zero-order chi connectivity index (χ0) is 17.1. The first kappa shape index (κ1) is 15.1. The minimum absolute atomic E-state index is 0.597. The largest absolute Gasteiger partial charge is 0.255 e. The summed E-state index contributed by atoms with van der Waals surface area (Å²) in [4.78, 5) is 18.2. The van der Waals surface area contributed by atoms with Crippen molar-refractivity contribution in [3.8, 4) is 34.2 Å². The van der Waals surface area contributed by atoms with E-state index in [2.05, 4.69) is 46.1 Å². The average Bonchev–Trinajstić information content (AvgIpc) is 2.69. The van der Waals surface area contributed by atoms with E-state index < -0.39 is 0 Å². The van der Waals surface area contributed by atoms with Gasteiger partial charge in [0.05, 0.1) is 17.1 Å². The molecule has 0 N–H and O–H groups in total. The van der Waals surface area contributed by atoms with Gasteiger partial charge in [0, 0.05) is 18.0 Å². The second-order valence-electron chi connectivity index (χ2n) is 5.76. The fourth-order valence-corrected chi connectivity index (χ4v) is 2.57. The SMILES string of the molecule is Cc1ccc(-c2cc(-c3ccccn3)nc(-c3ccccn3)n2)cc1. The van der Waals surface area contributed by atoms with Gasteiger partial charge in [-0.3, -0.25) is 9.97 Å². The summed E-state index contributed by atoms with van der Waals surface area (Å²) >= 11 is 0. The van der Waals surface area contributed by atoms with E-state index in [0.29, 0.717) is 5.82 Å². The number of rotatable bonds is 3. The number of hydrogen-bond donors (Lipinski definition) is 0. The van der Waals surface area contributed by atoms with Crippen LogP contribution >= 0.6 is 0 Å². The Labute approximate surface area is 146 Å². The van der Waals surface area contributed by atoms with Gasteiger partial charge in [0.2, 0.25) is 0 Å². The van der Waals surface area contributed by atoms with Crippen LogP contribution in [0.1, 0.15) is 5.56 Å². The van der Waals surface area contributed by atoms with Crippen LogP contribution in [-0.2, 0) is 0 Å². The summed E-state index contributed by atoms with van der Waals surface area (Å²) in [5.41, 5.74) is 5.46. The molecule has 25 heavy (non-hydrogen) atoms. The third-order valence-electron chi connectivity index (χ3n) is 3.89. The highest BCUT2D eigenvalue weighted by Gasteiger charge is 2.11. The normalized spacial score (nSPS) is 10.6. The van der Waals surface area contributed by atoms with Gasteiger partial charge in [0.15, 0.2) is 5.82 Å². The van der Waals surface area contributed by atoms with Crippen LogP contribution in [0.15, 0.2) is 79.1 Å². The summed E-state index contributed by atoms with van der Waals surface area (Å²) in [6.07, 6.45) is 3.51. The van der Waals surface area contributed by atoms with E-state index in [1.54, 1.807) is 12.4 Å². The van der Waals surface area contributed by atoms with E-state index in [-0.39, 0.29) is 0 Å². The smallest absolute Gasteiger partial charge is 0.179 e. The van der Waals surface area contributed by atoms with Gasteiger partial charge in [0.1, 0.15) is 5.69 Å². The van der Waals surface area contributed by atoms with Crippen LogP contribution in [0, 0.1) is 6.92 Å². The number of benzene rings is 1. The molecular formula is C21H16N4. The van der Waals surface area contributed by atoms with Crippen molar-refractivity contribution in [2.75, 3.05) is 0 Å². The lowest BCUT2D eigenvalue weighted by molar-refractivity contribution is 1.13. The van der Waals surface area contributed by atoms with Crippen molar-refractivity contribution in [3.05, 3.63) is 84.7 Å². The van der Waals surface area contributed by atoms with Gasteiger partial charge in [-0.1, -0.05) is 42.0 Å². The number of aromatic nitrogens is 4. The third kappa shape index (κ3) is 3.28. The van der Waals surface area contributed by atoms with Crippen molar-refractivity contribution >= 4 is 0 Å². The molecule has 4 aromatic rings. The van der Waals surface area contributed by atoms with Crippen molar-refractivity contribution in [2.45, 2.75) is 6.92 Å².